The highest BCUT2D eigenvalue weighted by atomic mass is 16.6. The lowest BCUT2D eigenvalue weighted by Crippen LogP contribution is -2.58. The van der Waals surface area contributed by atoms with Crippen molar-refractivity contribution in [2.24, 2.45) is 168 Å². The number of aliphatic hydroxyl groups is 5. The molecule has 0 radical (unpaired) electrons. The number of hydrogen-bond donors (Lipinski definition) is 5. The van der Waals surface area contributed by atoms with Crippen LogP contribution in [0.25, 0.3) is 0 Å². The summed E-state index contributed by atoms with van der Waals surface area (Å²) in [7, 11) is 0. The second-order valence-electron chi connectivity index (χ2n) is 49.7. The first-order chi connectivity index (χ1) is 56.2. The van der Waals surface area contributed by atoms with Gasteiger partial charge in [-0.05, 0) is 444 Å². The third-order valence-corrected chi connectivity index (χ3v) is 42.2. The molecule has 0 amide bonds. The van der Waals surface area contributed by atoms with Crippen molar-refractivity contribution in [2.45, 2.75) is 422 Å². The van der Waals surface area contributed by atoms with Crippen LogP contribution in [-0.4, -0.2) is 114 Å². The maximum Gasteiger partial charge on any atom is 0.156 e. The number of ketones is 4. The summed E-state index contributed by atoms with van der Waals surface area (Å²) in [4.78, 5) is 48.4. The number of allylic oxidation sites excluding steroid dienone is 6. The number of hydrogen-bond acceptors (Lipinski definition) is 12. The molecule has 120 heavy (non-hydrogen) atoms. The summed E-state index contributed by atoms with van der Waals surface area (Å²) in [6.07, 6.45) is 51.2. The Morgan fingerprint density at radius 1 is 0.467 bits per heavy atom. The Morgan fingerprint density at radius 3 is 1.32 bits per heavy atom. The van der Waals surface area contributed by atoms with E-state index in [2.05, 4.69) is 129 Å². The Morgan fingerprint density at radius 2 is 0.867 bits per heavy atom. The van der Waals surface area contributed by atoms with Crippen LogP contribution in [0.15, 0.2) is 58.7 Å². The van der Waals surface area contributed by atoms with Gasteiger partial charge in [0.25, 0.3) is 0 Å². The predicted molar refractivity (Wildman–Crippen MR) is 478 cm³/mol. The monoisotopic (exact) mass is 1660 g/mol. The second kappa shape index (κ2) is 32.6. The highest BCUT2D eigenvalue weighted by molar-refractivity contribution is 5.93. The number of Topliss-reactive ketones (excluding diaryl/α,β-unsaturated/α-hetero) is 1. The van der Waals surface area contributed by atoms with Crippen molar-refractivity contribution >= 4 is 23.1 Å². The number of epoxide rings is 3. The molecule has 16 aliphatic carbocycles. The van der Waals surface area contributed by atoms with E-state index in [1.807, 2.05) is 18.2 Å². The van der Waals surface area contributed by atoms with E-state index in [-0.39, 0.29) is 51.0 Å². The second-order valence-corrected chi connectivity index (χ2v) is 49.7. The molecule has 8 unspecified atom stereocenters. The molecule has 12 saturated carbocycles. The van der Waals surface area contributed by atoms with Crippen molar-refractivity contribution in [2.75, 3.05) is 0 Å². The molecule has 0 aromatic rings. The summed E-state index contributed by atoms with van der Waals surface area (Å²) in [6.45, 7) is 45.5. The topological polar surface area (TPSA) is 207 Å². The maximum atomic E-state index is 12.1. The summed E-state index contributed by atoms with van der Waals surface area (Å²) in [5, 5.41) is 52.2. The van der Waals surface area contributed by atoms with E-state index in [0.717, 1.165) is 112 Å². The zero-order chi connectivity index (χ0) is 86.3. The average molecular weight is 1660 g/mol. The van der Waals surface area contributed by atoms with Crippen LogP contribution in [0.2, 0.25) is 0 Å². The van der Waals surface area contributed by atoms with E-state index in [4.69, 9.17) is 14.2 Å². The quantitative estimate of drug-likeness (QED) is 0.0642. The Hall–Kier alpha value is -2.94. The van der Waals surface area contributed by atoms with E-state index in [9.17, 15) is 44.7 Å². The molecule has 3 aliphatic heterocycles. The molecule has 0 aromatic carbocycles. The fourth-order valence-electron chi connectivity index (χ4n) is 34.7. The van der Waals surface area contributed by atoms with E-state index < -0.39 is 23.4 Å². The number of aliphatic hydroxyl groups excluding tert-OH is 3. The summed E-state index contributed by atoms with van der Waals surface area (Å²) < 4.78 is 18.5. The van der Waals surface area contributed by atoms with Gasteiger partial charge in [0.1, 0.15) is 18.0 Å². The van der Waals surface area contributed by atoms with Crippen LogP contribution in [0.5, 0.6) is 0 Å². The van der Waals surface area contributed by atoms with Crippen molar-refractivity contribution in [3.63, 3.8) is 0 Å². The van der Waals surface area contributed by atoms with Crippen LogP contribution in [-0.2, 0) is 33.4 Å². The van der Waals surface area contributed by atoms with E-state index in [0.29, 0.717) is 160 Å². The Balaban J connectivity index is 0.000000119. The molecular weight excluding hydrogens is 1490 g/mol. The van der Waals surface area contributed by atoms with Crippen molar-refractivity contribution in [3.8, 4) is 0 Å². The van der Waals surface area contributed by atoms with E-state index in [1.165, 1.54) is 151 Å². The van der Waals surface area contributed by atoms with Gasteiger partial charge in [-0.3, -0.25) is 19.2 Å². The summed E-state index contributed by atoms with van der Waals surface area (Å²) >= 11 is 0. The minimum atomic E-state index is -1.04. The normalized spacial score (nSPS) is 48.1. The van der Waals surface area contributed by atoms with Gasteiger partial charge in [-0.1, -0.05) is 107 Å². The molecule has 19 aliphatic rings. The highest BCUT2D eigenvalue weighted by Crippen LogP contribution is 2.75. The van der Waals surface area contributed by atoms with Crippen LogP contribution < -0.4 is 0 Å². The standard InChI is InChI=1S/C27H42O4.C27H46O4.C27H40O3.C27H40O/c1-15(6-9-21(29)25(2,3)30)17-7-8-18-22-19(11-13-26(17,18)4)27(5)12-10-16(28)14-20(27)23-24(22)31-23;1-16(6-9-23(30)25(2,3)31)19-7-8-20-24-21(11-13-27(19,20)5)26(4)12-10-18(28)14-17(26)15-22(24)29;1-15(6-9-21-25(2,3)30-21)17-7-8-18-22-19(11-13-26(17,18)4)27(5)12-10-16(28)14-20(27)23-24(22)29-23;1-18(2)7-6-8-19(3)23-11-12-24-22-10-9-20-17-21(28)13-15-26(20,4)25(22)14-16-27(23,24)5/h14-15,17-19,21-24,29-30H,6-13H2,1-5H3;16-17,19-24,29-31H,6-15H2,1-5H3;14-15,17-19,21-24H,6-13H2,1-5H3;7,9-10,17,19,22-25H,6,8,11-16H2,1-5H3/t15-,17-,18+,19+,21?,22+,23?,24?,26-,27-;16-,17+,19-,20+,21+,22?,23?,24+,26+,27-;15-,17-,18+,19+,21?,22+,23?,24?,26-,27-;19-,22+,23-,24+,25+,26+,27-/m1111/s1. The van der Waals surface area contributed by atoms with E-state index >= 15 is 0 Å². The molecule has 3 heterocycles. The van der Waals surface area contributed by atoms with Gasteiger partial charge in [0.2, 0.25) is 0 Å². The molecule has 19 rings (SSSR count). The lowest BCUT2D eigenvalue weighted by Gasteiger charge is -2.62. The zero-order valence-electron chi connectivity index (χ0n) is 78.8. The number of carbonyl (C=O) groups excluding carboxylic acids is 4. The van der Waals surface area contributed by atoms with Gasteiger partial charge in [0.15, 0.2) is 17.3 Å². The first kappa shape index (κ1) is 90.4. The molecule has 0 spiro atoms. The van der Waals surface area contributed by atoms with Gasteiger partial charge >= 0.3 is 0 Å². The lowest BCUT2D eigenvalue weighted by atomic mass is 9.44. The average Bonchev–Trinajstić information content (AvgIpc) is 1.52. The maximum absolute atomic E-state index is 12.1. The van der Waals surface area contributed by atoms with E-state index in [1.54, 1.807) is 27.7 Å². The van der Waals surface area contributed by atoms with Crippen molar-refractivity contribution in [1.82, 2.24) is 0 Å². The molecule has 12 heteroatoms. The van der Waals surface area contributed by atoms with Gasteiger partial charge in [0.05, 0.1) is 53.4 Å². The molecule has 15 fully saturated rings. The van der Waals surface area contributed by atoms with Crippen molar-refractivity contribution in [1.29, 1.82) is 0 Å². The molecule has 0 bridgehead atoms. The third kappa shape index (κ3) is 15.8. The number of fused-ring (bicyclic) bond motifs is 26. The number of ether oxygens (including phenoxy) is 3. The van der Waals surface area contributed by atoms with Crippen LogP contribution in [0.1, 0.15) is 357 Å². The summed E-state index contributed by atoms with van der Waals surface area (Å²) in [6, 6.07) is 0. The van der Waals surface area contributed by atoms with Crippen LogP contribution in [0, 0.1) is 168 Å². The van der Waals surface area contributed by atoms with Crippen LogP contribution in [0.3, 0.4) is 0 Å². The Labute approximate surface area is 726 Å². The molecule has 37 atom stereocenters. The number of carbonyl (C=O) groups is 4. The predicted octanol–water partition coefficient (Wildman–Crippen LogP) is 22.4. The van der Waals surface area contributed by atoms with Crippen molar-refractivity contribution < 1.29 is 58.9 Å². The first-order valence-corrected chi connectivity index (χ1v) is 50.3. The molecule has 0 aromatic heterocycles. The molecule has 672 valence electrons. The van der Waals surface area contributed by atoms with Gasteiger partial charge < -0.3 is 39.7 Å². The fraction of sp³-hybridized carbons (Fsp3) is 0.870. The SMILES string of the molecule is CC(C)=CCC[C@@H](C)[C@H]1CC[C@H]2[C@@H]3C=CC4=CC(=O)CC[C@]4(C)[C@H]3CC[C@]12C.C[C@H](CCC(O)C(C)(C)O)[C@H]1CC[C@H]2[C@@H]3C(O)C[C@@H]4CC(=O)CC[C@]4(C)[C@H]3CC[C@]12C.C[C@H](CCC(O)C(C)(C)O)[C@H]1CC[C@H]2[C@@H]3C4OC4C4=CC(=O)CC[C@]4(C)[C@H]3CC[C@]12C.C[C@H](CCC1OC1(C)C)[C@H]1CC[C@H]2[C@@H]3C4OC4C4=CC(=O)CC[C@]4(C)[C@H]3CC[C@]12C. The molecule has 3 saturated heterocycles. The lowest BCUT2D eigenvalue weighted by molar-refractivity contribution is -0.169. The largest absolute Gasteiger partial charge is 0.393 e. The van der Waals surface area contributed by atoms with Gasteiger partial charge in [-0.25, -0.2) is 0 Å². The smallest absolute Gasteiger partial charge is 0.156 e. The number of rotatable bonds is 18. The van der Waals surface area contributed by atoms with Gasteiger partial charge in [-0.2, -0.15) is 0 Å². The zero-order valence-corrected chi connectivity index (χ0v) is 78.8. The highest BCUT2D eigenvalue weighted by Gasteiger charge is 2.72. The minimum absolute atomic E-state index is 0.127. The molecular formula is C108H168O12. The Kier molecular flexibility index (Phi) is 24.6. The van der Waals surface area contributed by atoms with Crippen LogP contribution in [0.4, 0.5) is 0 Å². The van der Waals surface area contributed by atoms with Gasteiger partial charge in [-0.15, -0.1) is 0 Å². The fourth-order valence-corrected chi connectivity index (χ4v) is 34.7. The van der Waals surface area contributed by atoms with Gasteiger partial charge in [0, 0.05) is 32.1 Å². The summed E-state index contributed by atoms with van der Waals surface area (Å²) in [5.41, 5.74) is 5.94. The molecule has 12 nitrogen and oxygen atoms in total. The molecule has 5 N–H and O–H groups in total. The van der Waals surface area contributed by atoms with Crippen LogP contribution >= 0.6 is 0 Å². The summed E-state index contributed by atoms with van der Waals surface area (Å²) in [5.74, 6) is 15.5. The Bertz CT molecular complexity index is 3990. The van der Waals surface area contributed by atoms with Crippen molar-refractivity contribution in [3.05, 3.63) is 58.7 Å². The minimum Gasteiger partial charge on any atom is -0.393 e. The third-order valence-electron chi connectivity index (χ3n) is 42.2. The first-order valence-electron chi connectivity index (χ1n) is 50.3.